The molecule has 0 aromatic rings. The van der Waals surface area contributed by atoms with E-state index in [-0.39, 0.29) is 18.4 Å². The maximum atomic E-state index is 11.9. The Bertz CT molecular complexity index is 303. The molecule has 1 rings (SSSR count). The van der Waals surface area contributed by atoms with Gasteiger partial charge in [0.1, 0.15) is 0 Å². The summed E-state index contributed by atoms with van der Waals surface area (Å²) in [7, 11) is 1.62. The van der Waals surface area contributed by atoms with Gasteiger partial charge in [0.15, 0.2) is 0 Å². The molecule has 0 radical (unpaired) electrons. The van der Waals surface area contributed by atoms with Crippen LogP contribution in [0, 0.1) is 5.92 Å². The van der Waals surface area contributed by atoms with E-state index in [2.05, 4.69) is 5.32 Å². The fraction of sp³-hybridized carbons (Fsp3) is 0.846. The number of ether oxygens (including phenoxy) is 2. The first-order valence-corrected chi connectivity index (χ1v) is 6.93. The van der Waals surface area contributed by atoms with Gasteiger partial charge in [-0.15, -0.1) is 0 Å². The minimum absolute atomic E-state index is 0.0192. The number of nitrogens with one attached hydrogen (secondary N) is 1. The second-order valence-corrected chi connectivity index (χ2v) is 4.78. The summed E-state index contributed by atoms with van der Waals surface area (Å²) in [5.74, 6) is -1.05. The van der Waals surface area contributed by atoms with E-state index in [1.807, 2.05) is 0 Å². The van der Waals surface area contributed by atoms with Crippen LogP contribution < -0.4 is 5.32 Å². The molecule has 0 bridgehead atoms. The monoisotopic (exact) mass is 288 g/mol. The molecule has 7 nitrogen and oxygen atoms in total. The predicted octanol–water partition coefficient (Wildman–Crippen LogP) is -0.438. The summed E-state index contributed by atoms with van der Waals surface area (Å²) in [6, 6.07) is 0. The quantitative estimate of drug-likeness (QED) is 0.559. The van der Waals surface area contributed by atoms with E-state index in [1.54, 1.807) is 12.0 Å². The first-order chi connectivity index (χ1) is 9.65. The fourth-order valence-electron chi connectivity index (χ4n) is 2.07. The number of carbonyl (C=O) groups excluding carboxylic acids is 1. The molecule has 1 fully saturated rings. The number of rotatable bonds is 9. The number of likely N-dealkylation sites (tertiary alicyclic amines) is 1. The molecular formula is C13H24N2O5. The van der Waals surface area contributed by atoms with Gasteiger partial charge in [-0.1, -0.05) is 0 Å². The molecule has 0 aromatic carbocycles. The summed E-state index contributed by atoms with van der Waals surface area (Å²) >= 11 is 0. The Morgan fingerprint density at radius 2 is 1.95 bits per heavy atom. The third-order valence-electron chi connectivity index (χ3n) is 3.33. The van der Waals surface area contributed by atoms with Crippen LogP contribution in [0.3, 0.4) is 0 Å². The normalized spacial score (nSPS) is 16.4. The number of carboxylic acid groups (broad SMARTS) is 1. The van der Waals surface area contributed by atoms with Crippen LogP contribution in [0.1, 0.15) is 12.8 Å². The van der Waals surface area contributed by atoms with Crippen molar-refractivity contribution in [2.45, 2.75) is 12.8 Å². The topological polar surface area (TPSA) is 88.1 Å². The van der Waals surface area contributed by atoms with Crippen LogP contribution in [-0.4, -0.2) is 75.0 Å². The Kier molecular flexibility index (Phi) is 8.17. The van der Waals surface area contributed by atoms with Crippen LogP contribution in [0.2, 0.25) is 0 Å². The van der Waals surface area contributed by atoms with Crippen LogP contribution in [-0.2, 0) is 19.1 Å². The molecule has 0 spiro atoms. The van der Waals surface area contributed by atoms with Gasteiger partial charge >= 0.3 is 5.97 Å². The molecule has 0 aromatic heterocycles. The van der Waals surface area contributed by atoms with E-state index >= 15 is 0 Å². The van der Waals surface area contributed by atoms with Crippen molar-refractivity contribution < 1.29 is 24.2 Å². The Morgan fingerprint density at radius 3 is 2.55 bits per heavy atom. The molecular weight excluding hydrogens is 264 g/mol. The SMILES string of the molecule is COCCOCCNCC(=O)N1CCC(C(=O)O)CC1. The Balaban J connectivity index is 2.04. The highest BCUT2D eigenvalue weighted by molar-refractivity contribution is 5.78. The van der Waals surface area contributed by atoms with Crippen LogP contribution in [0.15, 0.2) is 0 Å². The van der Waals surface area contributed by atoms with Crippen molar-refractivity contribution in [2.75, 3.05) is 53.1 Å². The lowest BCUT2D eigenvalue weighted by Crippen LogP contribution is -2.44. The van der Waals surface area contributed by atoms with Crippen molar-refractivity contribution in [3.8, 4) is 0 Å². The number of piperidine rings is 1. The van der Waals surface area contributed by atoms with Crippen molar-refractivity contribution in [1.29, 1.82) is 0 Å². The van der Waals surface area contributed by atoms with Gasteiger partial charge in [0.05, 0.1) is 32.3 Å². The minimum atomic E-state index is -0.761. The number of amides is 1. The van der Waals surface area contributed by atoms with Gasteiger partial charge in [0.25, 0.3) is 0 Å². The highest BCUT2D eigenvalue weighted by atomic mass is 16.5. The first-order valence-electron chi connectivity index (χ1n) is 6.93. The van der Waals surface area contributed by atoms with E-state index in [9.17, 15) is 9.59 Å². The average molecular weight is 288 g/mol. The number of nitrogens with zero attached hydrogens (tertiary/aromatic N) is 1. The van der Waals surface area contributed by atoms with Crippen molar-refractivity contribution in [3.63, 3.8) is 0 Å². The van der Waals surface area contributed by atoms with Crippen LogP contribution >= 0.6 is 0 Å². The van der Waals surface area contributed by atoms with Gasteiger partial charge in [-0.05, 0) is 12.8 Å². The molecule has 20 heavy (non-hydrogen) atoms. The standard InChI is InChI=1S/C13H24N2O5/c1-19-8-9-20-7-4-14-10-12(16)15-5-2-11(3-6-15)13(17)18/h11,14H,2-10H2,1H3,(H,17,18). The lowest BCUT2D eigenvalue weighted by atomic mass is 9.97. The number of hydrogen-bond donors (Lipinski definition) is 2. The third kappa shape index (κ3) is 6.31. The van der Waals surface area contributed by atoms with Crippen molar-refractivity contribution in [2.24, 2.45) is 5.92 Å². The van der Waals surface area contributed by atoms with E-state index in [1.165, 1.54) is 0 Å². The zero-order valence-electron chi connectivity index (χ0n) is 12.0. The molecule has 1 saturated heterocycles. The molecule has 116 valence electrons. The smallest absolute Gasteiger partial charge is 0.306 e. The van der Waals surface area contributed by atoms with E-state index in [0.29, 0.717) is 52.3 Å². The number of hydrogen-bond acceptors (Lipinski definition) is 5. The largest absolute Gasteiger partial charge is 0.481 e. The zero-order valence-corrected chi connectivity index (χ0v) is 12.0. The van der Waals surface area contributed by atoms with Crippen molar-refractivity contribution >= 4 is 11.9 Å². The summed E-state index contributed by atoms with van der Waals surface area (Å²) in [4.78, 5) is 24.4. The van der Waals surface area contributed by atoms with Crippen molar-refractivity contribution in [3.05, 3.63) is 0 Å². The van der Waals surface area contributed by atoms with E-state index < -0.39 is 5.97 Å². The molecule has 1 amide bonds. The van der Waals surface area contributed by atoms with Crippen LogP contribution in [0.5, 0.6) is 0 Å². The van der Waals surface area contributed by atoms with E-state index in [0.717, 1.165) is 0 Å². The van der Waals surface area contributed by atoms with Gasteiger partial charge in [0.2, 0.25) is 5.91 Å². The number of aliphatic carboxylic acids is 1. The summed E-state index contributed by atoms with van der Waals surface area (Å²) in [5.41, 5.74) is 0. The van der Waals surface area contributed by atoms with Gasteiger partial charge < -0.3 is 24.8 Å². The molecule has 1 aliphatic heterocycles. The maximum Gasteiger partial charge on any atom is 0.306 e. The number of carboxylic acids is 1. The van der Waals surface area contributed by atoms with Crippen LogP contribution in [0.25, 0.3) is 0 Å². The second kappa shape index (κ2) is 9.68. The molecule has 1 heterocycles. The summed E-state index contributed by atoms with van der Waals surface area (Å²) in [5, 5.41) is 11.9. The van der Waals surface area contributed by atoms with Gasteiger partial charge in [-0.25, -0.2) is 0 Å². The number of carbonyl (C=O) groups is 2. The Hall–Kier alpha value is -1.18. The summed E-state index contributed by atoms with van der Waals surface area (Å²) < 4.78 is 10.1. The van der Waals surface area contributed by atoms with Gasteiger partial charge in [-0.3, -0.25) is 9.59 Å². The molecule has 0 saturated carbocycles. The van der Waals surface area contributed by atoms with Gasteiger partial charge in [-0.2, -0.15) is 0 Å². The highest BCUT2D eigenvalue weighted by Gasteiger charge is 2.26. The van der Waals surface area contributed by atoms with Crippen molar-refractivity contribution in [1.82, 2.24) is 10.2 Å². The fourth-order valence-corrected chi connectivity index (χ4v) is 2.07. The highest BCUT2D eigenvalue weighted by Crippen LogP contribution is 2.16. The molecule has 7 heteroatoms. The second-order valence-electron chi connectivity index (χ2n) is 4.78. The average Bonchev–Trinajstić information content (AvgIpc) is 2.46. The van der Waals surface area contributed by atoms with Gasteiger partial charge in [0, 0.05) is 26.7 Å². The maximum absolute atomic E-state index is 11.9. The molecule has 0 unspecified atom stereocenters. The molecule has 2 N–H and O–H groups in total. The summed E-state index contributed by atoms with van der Waals surface area (Å²) in [6.07, 6.45) is 1.09. The lowest BCUT2D eigenvalue weighted by molar-refractivity contribution is -0.145. The zero-order chi connectivity index (χ0) is 14.8. The predicted molar refractivity (Wildman–Crippen MR) is 72.5 cm³/mol. The number of methoxy groups -OCH3 is 1. The lowest BCUT2D eigenvalue weighted by Gasteiger charge is -2.30. The Labute approximate surface area is 119 Å². The molecule has 0 aliphatic carbocycles. The minimum Gasteiger partial charge on any atom is -0.481 e. The molecule has 0 atom stereocenters. The first kappa shape index (κ1) is 16.9. The van der Waals surface area contributed by atoms with Crippen LogP contribution in [0.4, 0.5) is 0 Å². The molecule has 1 aliphatic rings. The summed E-state index contributed by atoms with van der Waals surface area (Å²) in [6.45, 7) is 3.60. The van der Waals surface area contributed by atoms with E-state index in [4.69, 9.17) is 14.6 Å². The Morgan fingerprint density at radius 1 is 1.25 bits per heavy atom. The third-order valence-corrected chi connectivity index (χ3v) is 3.33.